The first-order chi connectivity index (χ1) is 33.6. The van der Waals surface area contributed by atoms with Crippen molar-refractivity contribution in [2.75, 3.05) is 9.80 Å². The molecule has 9 aromatic rings. The summed E-state index contributed by atoms with van der Waals surface area (Å²) >= 11 is 0. The van der Waals surface area contributed by atoms with Crippen molar-refractivity contribution in [1.82, 2.24) is 9.55 Å². The van der Waals surface area contributed by atoms with E-state index >= 15 is 0 Å². The number of fused-ring (bicyclic) bond motifs is 4. The van der Waals surface area contributed by atoms with Crippen molar-refractivity contribution >= 4 is 44.6 Å². The molecule has 0 aliphatic carbocycles. The second-order valence-electron chi connectivity index (χ2n) is 23.4. The average Bonchev–Trinajstić information content (AvgIpc) is 3.89. The quantitative estimate of drug-likeness (QED) is 0.135. The van der Waals surface area contributed by atoms with Gasteiger partial charge in [0.05, 0.1) is 0 Å². The smallest absolute Gasteiger partial charge is 0.509 e. The van der Waals surface area contributed by atoms with Crippen LogP contribution in [0.1, 0.15) is 129 Å². The molecule has 0 spiro atoms. The minimum Gasteiger partial charge on any atom is -0.509 e. The summed E-state index contributed by atoms with van der Waals surface area (Å²) in [6, 6.07) is 62.7. The Morgan fingerprint density at radius 2 is 1.19 bits per heavy atom. The molecule has 0 fully saturated rings. The van der Waals surface area contributed by atoms with Gasteiger partial charge in [0, 0.05) is 45.7 Å². The van der Waals surface area contributed by atoms with Gasteiger partial charge in [0.25, 0.3) is 0 Å². The summed E-state index contributed by atoms with van der Waals surface area (Å²) in [5, 5.41) is 2.23. The van der Waals surface area contributed by atoms with Crippen molar-refractivity contribution in [2.24, 2.45) is 0 Å². The molecule has 0 saturated heterocycles. The van der Waals surface area contributed by atoms with E-state index < -0.39 is 0 Å². The minimum atomic E-state index is -0.244. The summed E-state index contributed by atoms with van der Waals surface area (Å²) in [5.74, 6) is 2.36. The van der Waals surface area contributed by atoms with Gasteiger partial charge in [0.15, 0.2) is 0 Å². The normalized spacial score (nSPS) is 13.1. The van der Waals surface area contributed by atoms with Gasteiger partial charge < -0.3 is 26.5 Å². The summed E-state index contributed by atoms with van der Waals surface area (Å²) in [4.78, 5) is 9.61. The van der Waals surface area contributed by atoms with Crippen LogP contribution in [0.5, 0.6) is 11.5 Å². The molecule has 0 saturated carbocycles. The zero-order chi connectivity index (χ0) is 50.2. The van der Waals surface area contributed by atoms with E-state index in [1.807, 2.05) is 12.3 Å². The largest absolute Gasteiger partial charge is 4.00 e. The molecule has 374 valence electrons. The maximum Gasteiger partial charge on any atom is 4.00 e. The molecular weight excluding hydrogens is 1070 g/mol. The molecule has 1 aliphatic heterocycles. The Morgan fingerprint density at radius 3 is 1.90 bits per heavy atom. The summed E-state index contributed by atoms with van der Waals surface area (Å²) < 4.78 is 9.24. The number of ether oxygens (including phenoxy) is 1. The van der Waals surface area contributed by atoms with E-state index in [9.17, 15) is 0 Å². The summed E-state index contributed by atoms with van der Waals surface area (Å²) in [6.45, 7) is 32.0. The molecule has 0 bridgehead atoms. The van der Waals surface area contributed by atoms with Crippen LogP contribution in [0.15, 0.2) is 158 Å². The Hall–Kier alpha value is -6.42. The number of para-hydroxylation sites is 1. The molecule has 5 nitrogen and oxygen atoms in total. The van der Waals surface area contributed by atoms with Crippen LogP contribution in [0.3, 0.4) is 0 Å². The SMILES string of the molecule is CC(C)c1ccccc1-c1cc(Oc2[c-]c3c(cc2)c2ccccc2n3-c2cc(C(C)(C)C)ccn2)[c-]c(N2[CH-]N(c3cc(C(C)(C)C)cc(C(C)(C)c4ccccc4)c3)c3cc(C(C)(C)C)ccc32)c1.[CH3-].[Pt+4]. The Bertz CT molecular complexity index is 3450. The summed E-state index contributed by atoms with van der Waals surface area (Å²) in [5.41, 5.74) is 15.5. The number of nitrogens with zero attached hydrogens (tertiary/aromatic N) is 4. The van der Waals surface area contributed by atoms with Gasteiger partial charge in [0.1, 0.15) is 5.82 Å². The molecule has 73 heavy (non-hydrogen) atoms. The average molecular weight is 1140 g/mol. The van der Waals surface area contributed by atoms with Crippen LogP contribution in [-0.2, 0) is 42.7 Å². The van der Waals surface area contributed by atoms with Gasteiger partial charge in [-0.25, -0.2) is 4.98 Å². The third-order valence-corrected chi connectivity index (χ3v) is 14.5. The number of hydrogen-bond donors (Lipinski definition) is 0. The van der Waals surface area contributed by atoms with Crippen molar-refractivity contribution in [3.63, 3.8) is 0 Å². The van der Waals surface area contributed by atoms with Gasteiger partial charge in [-0.05, 0) is 109 Å². The Kier molecular flexibility index (Phi) is 14.3. The zero-order valence-electron chi connectivity index (χ0n) is 45.2. The molecule has 0 atom stereocenters. The van der Waals surface area contributed by atoms with Crippen LogP contribution >= 0.6 is 0 Å². The Balaban J connectivity index is 0.00000356. The Morgan fingerprint density at radius 1 is 0.534 bits per heavy atom. The fraction of sp³-hybridized carbons (Fsp3) is 0.269. The van der Waals surface area contributed by atoms with Crippen LogP contribution in [0.25, 0.3) is 38.8 Å². The predicted octanol–water partition coefficient (Wildman–Crippen LogP) is 18.4. The molecule has 1 aliphatic rings. The number of hydrogen-bond acceptors (Lipinski definition) is 4. The first-order valence-corrected chi connectivity index (χ1v) is 25.2. The predicted molar refractivity (Wildman–Crippen MR) is 305 cm³/mol. The van der Waals surface area contributed by atoms with E-state index in [1.165, 1.54) is 33.4 Å². The van der Waals surface area contributed by atoms with Crippen LogP contribution < -0.4 is 14.5 Å². The van der Waals surface area contributed by atoms with Crippen molar-refractivity contribution in [3.05, 3.63) is 217 Å². The van der Waals surface area contributed by atoms with Gasteiger partial charge in [-0.3, -0.25) is 0 Å². The molecule has 7 aromatic carbocycles. The van der Waals surface area contributed by atoms with Crippen molar-refractivity contribution < 1.29 is 25.8 Å². The van der Waals surface area contributed by atoms with Crippen LogP contribution in [-0.4, -0.2) is 9.55 Å². The number of pyridine rings is 1. The van der Waals surface area contributed by atoms with E-state index in [2.05, 4.69) is 269 Å². The number of aromatic nitrogens is 2. The molecule has 0 unspecified atom stereocenters. The van der Waals surface area contributed by atoms with Crippen LogP contribution in [0.2, 0.25) is 0 Å². The summed E-state index contributed by atoms with van der Waals surface area (Å²) in [7, 11) is 0. The molecule has 0 radical (unpaired) electrons. The van der Waals surface area contributed by atoms with Gasteiger partial charge in [-0.15, -0.1) is 53.6 Å². The molecule has 6 heteroatoms. The molecule has 0 amide bonds. The standard InChI is InChI=1S/C66H67N4O.CH3.Pt/c1-43(2)54-23-17-18-24-55(54)44-33-50(40-53(34-44)71-52-28-29-57-56-25-19-20-26-58(56)70(60(57)41-52)62-39-47(31-32-67-62)64(6,7)8)68-42-69(61-38-46(63(3,4)5)27-30-59(61)68)51-36-48(65(9,10)11)35-49(37-51)66(12,13)45-21-15-14-16-22-45;;/h14-39,42-43H,1-13H3;1H3;/q-3;-1;+4. The Labute approximate surface area is 450 Å². The molecule has 10 rings (SSSR count). The van der Waals surface area contributed by atoms with Crippen molar-refractivity contribution in [3.8, 4) is 28.4 Å². The first kappa shape index (κ1) is 52.9. The third-order valence-electron chi connectivity index (χ3n) is 14.5. The fourth-order valence-corrected chi connectivity index (χ4v) is 10.0. The van der Waals surface area contributed by atoms with Gasteiger partial charge in [0.2, 0.25) is 0 Å². The van der Waals surface area contributed by atoms with Crippen molar-refractivity contribution in [2.45, 2.75) is 118 Å². The maximum atomic E-state index is 7.03. The number of rotatable bonds is 9. The van der Waals surface area contributed by atoms with E-state index in [0.717, 1.165) is 61.5 Å². The monoisotopic (exact) mass is 1140 g/mol. The molecular formula is C67H70N4OPt. The first-order valence-electron chi connectivity index (χ1n) is 25.2. The number of benzene rings is 7. The maximum absolute atomic E-state index is 7.03. The zero-order valence-corrected chi connectivity index (χ0v) is 47.5. The van der Waals surface area contributed by atoms with E-state index in [1.54, 1.807) is 0 Å². The van der Waals surface area contributed by atoms with E-state index in [0.29, 0.717) is 17.4 Å². The topological polar surface area (TPSA) is 33.5 Å². The van der Waals surface area contributed by atoms with Gasteiger partial charge in [-0.2, -0.15) is 6.07 Å². The molecule has 2 aromatic heterocycles. The van der Waals surface area contributed by atoms with E-state index in [-0.39, 0.29) is 50.2 Å². The molecule has 3 heterocycles. The third kappa shape index (κ3) is 10.2. The second-order valence-corrected chi connectivity index (χ2v) is 23.4. The number of anilines is 4. The van der Waals surface area contributed by atoms with Gasteiger partial charge >= 0.3 is 21.1 Å². The van der Waals surface area contributed by atoms with E-state index in [4.69, 9.17) is 9.72 Å². The van der Waals surface area contributed by atoms with Crippen LogP contribution in [0, 0.1) is 26.2 Å². The second kappa shape index (κ2) is 19.8. The molecule has 0 N–H and O–H groups in total. The van der Waals surface area contributed by atoms with Crippen LogP contribution in [0.4, 0.5) is 22.7 Å². The fourth-order valence-electron chi connectivity index (χ4n) is 10.0. The minimum absolute atomic E-state index is 0. The van der Waals surface area contributed by atoms with Gasteiger partial charge in [-0.1, -0.05) is 180 Å². The summed E-state index contributed by atoms with van der Waals surface area (Å²) in [6.07, 6.45) is 1.91. The van der Waals surface area contributed by atoms with Crippen molar-refractivity contribution in [1.29, 1.82) is 0 Å².